The second-order valence-electron chi connectivity index (χ2n) is 8.19. The van der Waals surface area contributed by atoms with Gasteiger partial charge in [-0.05, 0) is 39.2 Å². The van der Waals surface area contributed by atoms with Crippen molar-refractivity contribution >= 4 is 17.8 Å². The maximum Gasteiger partial charge on any atom is 0.397 e. The fourth-order valence-electron chi connectivity index (χ4n) is 4.33. The van der Waals surface area contributed by atoms with Crippen LogP contribution in [0.3, 0.4) is 0 Å². The molecule has 3 heterocycles. The minimum Gasteiger partial charge on any atom is -0.458 e. The van der Waals surface area contributed by atoms with E-state index in [1.165, 1.54) is 0 Å². The van der Waals surface area contributed by atoms with E-state index in [9.17, 15) is 14.4 Å². The summed E-state index contributed by atoms with van der Waals surface area (Å²) in [7, 11) is 2.15. The molecule has 3 saturated heterocycles. The first-order chi connectivity index (χ1) is 13.5. The van der Waals surface area contributed by atoms with Crippen molar-refractivity contribution < 1.29 is 19.1 Å². The van der Waals surface area contributed by atoms with Crippen molar-refractivity contribution in [1.29, 1.82) is 0 Å². The number of hydrogen-bond donors (Lipinski definition) is 0. The summed E-state index contributed by atoms with van der Waals surface area (Å²) in [5.41, 5.74) is 0. The molecule has 2 amide bonds. The highest BCUT2D eigenvalue weighted by Crippen LogP contribution is 2.18. The third-order valence-electron chi connectivity index (χ3n) is 6.21. The van der Waals surface area contributed by atoms with Gasteiger partial charge in [-0.3, -0.25) is 14.5 Å². The van der Waals surface area contributed by atoms with E-state index in [0.717, 1.165) is 58.4 Å². The number of ether oxygens (including phenoxy) is 1. The molecule has 0 saturated carbocycles. The number of piperazine rings is 1. The molecule has 8 nitrogen and oxygen atoms in total. The van der Waals surface area contributed by atoms with Crippen LogP contribution in [0, 0.1) is 0 Å². The zero-order valence-corrected chi connectivity index (χ0v) is 17.1. The molecule has 3 aliphatic rings. The summed E-state index contributed by atoms with van der Waals surface area (Å²) in [4.78, 5) is 44.5. The molecular weight excluding hydrogens is 360 g/mol. The Balaban J connectivity index is 1.32. The Morgan fingerprint density at radius 1 is 1.00 bits per heavy atom. The van der Waals surface area contributed by atoms with Gasteiger partial charge in [0.1, 0.15) is 0 Å². The molecule has 0 spiro atoms. The molecule has 8 heteroatoms. The minimum atomic E-state index is -0.761. The number of carbonyl (C=O) groups is 3. The molecule has 28 heavy (non-hydrogen) atoms. The lowest BCUT2D eigenvalue weighted by Gasteiger charge is -2.41. The molecule has 3 aliphatic heterocycles. The first-order valence-electron chi connectivity index (χ1n) is 10.7. The number of hydrogen-bond acceptors (Lipinski definition) is 6. The van der Waals surface area contributed by atoms with Crippen molar-refractivity contribution in [2.45, 2.75) is 44.6 Å². The van der Waals surface area contributed by atoms with Crippen LogP contribution in [0.15, 0.2) is 0 Å². The van der Waals surface area contributed by atoms with Crippen LogP contribution in [0.4, 0.5) is 0 Å². The molecule has 0 aromatic carbocycles. The maximum absolute atomic E-state index is 12.3. The Morgan fingerprint density at radius 2 is 1.71 bits per heavy atom. The molecular formula is C20H34N4O4. The predicted molar refractivity (Wildman–Crippen MR) is 105 cm³/mol. The second-order valence-corrected chi connectivity index (χ2v) is 8.19. The molecule has 158 valence electrons. The van der Waals surface area contributed by atoms with Gasteiger partial charge in [0.25, 0.3) is 0 Å². The van der Waals surface area contributed by atoms with Crippen molar-refractivity contribution in [1.82, 2.24) is 19.6 Å². The Labute approximate surface area is 167 Å². The summed E-state index contributed by atoms with van der Waals surface area (Å²) in [6.07, 6.45) is 5.02. The topological polar surface area (TPSA) is 73.4 Å². The van der Waals surface area contributed by atoms with E-state index in [4.69, 9.17) is 4.74 Å². The van der Waals surface area contributed by atoms with Gasteiger partial charge >= 0.3 is 11.9 Å². The summed E-state index contributed by atoms with van der Waals surface area (Å²) < 4.78 is 5.15. The van der Waals surface area contributed by atoms with Gasteiger partial charge in [0.2, 0.25) is 5.91 Å². The highest BCUT2D eigenvalue weighted by atomic mass is 16.5. The number of carbonyl (C=O) groups excluding carboxylic acids is 3. The molecule has 0 N–H and O–H groups in total. The number of nitrogens with zero attached hydrogens (tertiary/aromatic N) is 4. The van der Waals surface area contributed by atoms with Gasteiger partial charge < -0.3 is 19.4 Å². The van der Waals surface area contributed by atoms with Crippen molar-refractivity contribution in [3.05, 3.63) is 0 Å². The zero-order valence-electron chi connectivity index (χ0n) is 17.1. The molecule has 0 unspecified atom stereocenters. The summed E-state index contributed by atoms with van der Waals surface area (Å²) in [5.74, 6) is -1.11. The number of piperidine rings is 2. The molecule has 0 aromatic heterocycles. The second kappa shape index (κ2) is 10.2. The summed E-state index contributed by atoms with van der Waals surface area (Å²) in [5, 5.41) is 0. The van der Waals surface area contributed by atoms with Crippen LogP contribution < -0.4 is 0 Å². The molecule has 0 atom stereocenters. The van der Waals surface area contributed by atoms with Gasteiger partial charge in [0, 0.05) is 64.8 Å². The van der Waals surface area contributed by atoms with Gasteiger partial charge in [0.15, 0.2) is 0 Å². The van der Waals surface area contributed by atoms with Crippen LogP contribution in [-0.2, 0) is 19.1 Å². The normalized spacial score (nSPS) is 23.1. The molecule has 0 radical (unpaired) electrons. The third-order valence-corrected chi connectivity index (χ3v) is 6.21. The summed E-state index contributed by atoms with van der Waals surface area (Å²) in [6.45, 7) is 7.15. The first-order valence-corrected chi connectivity index (χ1v) is 10.7. The standard InChI is InChI=1S/C20H34N4O4/c1-21-12-14-22(15-13-21)17-6-10-24(11-7-17)19(26)20(27)28-16-4-9-23-8-3-2-5-18(23)25/h17H,2-16H2,1H3. The van der Waals surface area contributed by atoms with E-state index in [1.807, 2.05) is 4.90 Å². The van der Waals surface area contributed by atoms with E-state index in [0.29, 0.717) is 38.5 Å². The number of rotatable bonds is 5. The van der Waals surface area contributed by atoms with Crippen LogP contribution in [-0.4, -0.2) is 109 Å². The van der Waals surface area contributed by atoms with Gasteiger partial charge in [-0.1, -0.05) is 0 Å². The lowest BCUT2D eigenvalue weighted by Crippen LogP contribution is -2.53. The molecule has 0 aromatic rings. The number of esters is 1. The fraction of sp³-hybridized carbons (Fsp3) is 0.850. The molecule has 0 aliphatic carbocycles. The quantitative estimate of drug-likeness (QED) is 0.376. The van der Waals surface area contributed by atoms with Crippen LogP contribution in [0.25, 0.3) is 0 Å². The predicted octanol–water partition coefficient (Wildman–Crippen LogP) is 0.171. The molecule has 3 rings (SSSR count). The van der Waals surface area contributed by atoms with Crippen molar-refractivity contribution in [3.63, 3.8) is 0 Å². The number of amides is 2. The van der Waals surface area contributed by atoms with E-state index in [1.54, 1.807) is 4.90 Å². The van der Waals surface area contributed by atoms with Gasteiger partial charge in [0.05, 0.1) is 6.61 Å². The summed E-state index contributed by atoms with van der Waals surface area (Å²) >= 11 is 0. The lowest BCUT2D eigenvalue weighted by molar-refractivity contribution is -0.161. The fourth-order valence-corrected chi connectivity index (χ4v) is 4.33. The highest BCUT2D eigenvalue weighted by Gasteiger charge is 2.31. The first kappa shape index (κ1) is 21.0. The smallest absolute Gasteiger partial charge is 0.397 e. The number of likely N-dealkylation sites (tertiary alicyclic amines) is 2. The Morgan fingerprint density at radius 3 is 2.39 bits per heavy atom. The van der Waals surface area contributed by atoms with Gasteiger partial charge in [-0.25, -0.2) is 4.79 Å². The third kappa shape index (κ3) is 5.67. The average molecular weight is 395 g/mol. The van der Waals surface area contributed by atoms with Crippen LogP contribution >= 0.6 is 0 Å². The lowest BCUT2D eigenvalue weighted by atomic mass is 10.0. The van der Waals surface area contributed by atoms with Crippen molar-refractivity contribution in [2.24, 2.45) is 0 Å². The van der Waals surface area contributed by atoms with Crippen LogP contribution in [0.1, 0.15) is 38.5 Å². The van der Waals surface area contributed by atoms with E-state index >= 15 is 0 Å². The van der Waals surface area contributed by atoms with Gasteiger partial charge in [-0.2, -0.15) is 0 Å². The van der Waals surface area contributed by atoms with E-state index in [2.05, 4.69) is 16.8 Å². The highest BCUT2D eigenvalue weighted by molar-refractivity contribution is 6.32. The van der Waals surface area contributed by atoms with Crippen molar-refractivity contribution in [3.8, 4) is 0 Å². The van der Waals surface area contributed by atoms with E-state index < -0.39 is 11.9 Å². The van der Waals surface area contributed by atoms with Crippen LogP contribution in [0.5, 0.6) is 0 Å². The van der Waals surface area contributed by atoms with Crippen LogP contribution in [0.2, 0.25) is 0 Å². The summed E-state index contributed by atoms with van der Waals surface area (Å²) in [6, 6.07) is 0.510. The van der Waals surface area contributed by atoms with Gasteiger partial charge in [-0.15, -0.1) is 0 Å². The Bertz CT molecular complexity index is 554. The zero-order chi connectivity index (χ0) is 19.9. The SMILES string of the molecule is CN1CCN(C2CCN(C(=O)C(=O)OCCCN3CCCCC3=O)CC2)CC1. The monoisotopic (exact) mass is 394 g/mol. The van der Waals surface area contributed by atoms with E-state index in [-0.39, 0.29) is 12.5 Å². The minimum absolute atomic E-state index is 0.178. The van der Waals surface area contributed by atoms with Crippen molar-refractivity contribution in [2.75, 3.05) is 66.0 Å². The maximum atomic E-state index is 12.3. The Hall–Kier alpha value is -1.67. The number of likely N-dealkylation sites (N-methyl/N-ethyl adjacent to an activating group) is 1. The average Bonchev–Trinajstić information content (AvgIpc) is 2.72. The molecule has 3 fully saturated rings. The largest absolute Gasteiger partial charge is 0.458 e. The Kier molecular flexibility index (Phi) is 7.67. The molecule has 0 bridgehead atoms.